The summed E-state index contributed by atoms with van der Waals surface area (Å²) >= 11 is 0. The Morgan fingerprint density at radius 3 is 2.54 bits per heavy atom. The molecule has 0 fully saturated rings. The van der Waals surface area contributed by atoms with Crippen molar-refractivity contribution in [2.45, 2.75) is 31.6 Å². The van der Waals surface area contributed by atoms with Crippen LogP contribution >= 0.6 is 0 Å². The predicted octanol–water partition coefficient (Wildman–Crippen LogP) is 3.03. The van der Waals surface area contributed by atoms with E-state index in [1.54, 1.807) is 36.1 Å². The molecule has 140 valence electrons. The summed E-state index contributed by atoms with van der Waals surface area (Å²) in [6, 6.07) is 5.47. The molecule has 1 aromatic heterocycles. The highest BCUT2D eigenvalue weighted by Gasteiger charge is 2.46. The molecule has 9 heteroatoms. The number of aromatic hydroxyl groups is 1. The van der Waals surface area contributed by atoms with Gasteiger partial charge in [0.1, 0.15) is 11.8 Å². The van der Waals surface area contributed by atoms with Gasteiger partial charge in [0.05, 0.1) is 19.2 Å². The van der Waals surface area contributed by atoms with Gasteiger partial charge in [-0.2, -0.15) is 18.2 Å². The predicted molar refractivity (Wildman–Crippen MR) is 88.6 cm³/mol. The average molecular weight is 369 g/mol. The minimum atomic E-state index is -4.58. The fourth-order valence-corrected chi connectivity index (χ4v) is 3.19. The van der Waals surface area contributed by atoms with Gasteiger partial charge in [-0.15, -0.1) is 0 Å². The second kappa shape index (κ2) is 6.54. The maximum atomic E-state index is 13.4. The van der Waals surface area contributed by atoms with Crippen molar-refractivity contribution in [3.8, 4) is 11.6 Å². The van der Waals surface area contributed by atoms with E-state index in [1.807, 2.05) is 0 Å². The van der Waals surface area contributed by atoms with E-state index in [0.29, 0.717) is 16.4 Å². The molecule has 0 aliphatic carbocycles. The number of halogens is 3. The number of fused-ring (bicyclic) bond motifs is 1. The van der Waals surface area contributed by atoms with Crippen LogP contribution in [0.1, 0.15) is 31.0 Å². The molecule has 1 aromatic carbocycles. The van der Waals surface area contributed by atoms with Gasteiger partial charge in [-0.3, -0.25) is 9.36 Å². The number of nitrogens with zero attached hydrogens (tertiary/aromatic N) is 3. The molecule has 0 radical (unpaired) electrons. The first-order valence-corrected chi connectivity index (χ1v) is 8.02. The molecule has 0 bridgehead atoms. The maximum Gasteiger partial charge on any atom is 0.409 e. The minimum Gasteiger partial charge on any atom is -0.497 e. The van der Waals surface area contributed by atoms with Crippen LogP contribution in [-0.4, -0.2) is 34.5 Å². The Hall–Kier alpha value is -2.71. The van der Waals surface area contributed by atoms with Crippen LogP contribution in [0.2, 0.25) is 0 Å². The molecular weight excluding hydrogens is 351 g/mol. The summed E-state index contributed by atoms with van der Waals surface area (Å²) in [7, 11) is 1.54. The van der Waals surface area contributed by atoms with Gasteiger partial charge >= 0.3 is 6.18 Å². The summed E-state index contributed by atoms with van der Waals surface area (Å²) in [5.74, 6) is -0.132. The first-order valence-electron chi connectivity index (χ1n) is 8.02. The highest BCUT2D eigenvalue weighted by Crippen LogP contribution is 2.40. The molecule has 2 heterocycles. The van der Waals surface area contributed by atoms with Crippen LogP contribution in [0, 0.1) is 0 Å². The van der Waals surface area contributed by atoms with Crippen molar-refractivity contribution in [1.82, 2.24) is 9.55 Å². The molecule has 2 unspecified atom stereocenters. The van der Waals surface area contributed by atoms with E-state index in [9.17, 15) is 23.1 Å². The standard InChI is InChI=1S/C17H18F3N3O3/c1-10(11-3-5-12(26-2)6-4-11)22-8-7-13(17(18,19)20)23-15(25)9-14(24)21-16(22)23/h3-6,9-10,13,24H,7-8H2,1-2H3. The number of hydrogen-bond donors (Lipinski definition) is 1. The van der Waals surface area contributed by atoms with Gasteiger partial charge in [0.25, 0.3) is 5.56 Å². The third kappa shape index (κ3) is 3.21. The summed E-state index contributed by atoms with van der Waals surface area (Å²) in [6.45, 7) is 1.85. The zero-order valence-electron chi connectivity index (χ0n) is 14.2. The summed E-state index contributed by atoms with van der Waals surface area (Å²) < 4.78 is 45.8. The molecule has 3 rings (SSSR count). The van der Waals surface area contributed by atoms with E-state index in [4.69, 9.17) is 4.74 Å². The number of benzene rings is 1. The maximum absolute atomic E-state index is 13.4. The van der Waals surface area contributed by atoms with Crippen molar-refractivity contribution in [3.63, 3.8) is 0 Å². The topological polar surface area (TPSA) is 67.6 Å². The molecule has 0 saturated carbocycles. The lowest BCUT2D eigenvalue weighted by Crippen LogP contribution is -2.46. The van der Waals surface area contributed by atoms with Crippen molar-refractivity contribution in [2.75, 3.05) is 18.6 Å². The molecule has 0 saturated heterocycles. The van der Waals surface area contributed by atoms with E-state index in [2.05, 4.69) is 4.98 Å². The van der Waals surface area contributed by atoms with Crippen molar-refractivity contribution in [3.05, 3.63) is 46.2 Å². The van der Waals surface area contributed by atoms with Crippen molar-refractivity contribution >= 4 is 5.95 Å². The van der Waals surface area contributed by atoms with E-state index >= 15 is 0 Å². The second-order valence-electron chi connectivity index (χ2n) is 6.11. The van der Waals surface area contributed by atoms with Gasteiger partial charge in [0.2, 0.25) is 11.8 Å². The second-order valence-corrected chi connectivity index (χ2v) is 6.11. The number of methoxy groups -OCH3 is 1. The molecule has 2 atom stereocenters. The van der Waals surface area contributed by atoms with Crippen LogP contribution < -0.4 is 15.2 Å². The highest BCUT2D eigenvalue weighted by molar-refractivity contribution is 5.42. The Labute approximate surface area is 147 Å². The van der Waals surface area contributed by atoms with Crippen LogP contribution in [0.15, 0.2) is 35.1 Å². The van der Waals surface area contributed by atoms with Gasteiger partial charge in [-0.05, 0) is 31.0 Å². The Morgan fingerprint density at radius 1 is 1.31 bits per heavy atom. The van der Waals surface area contributed by atoms with Crippen LogP contribution in [-0.2, 0) is 0 Å². The lowest BCUT2D eigenvalue weighted by atomic mass is 10.0. The third-order valence-corrected chi connectivity index (χ3v) is 4.58. The first-order chi connectivity index (χ1) is 12.2. The highest BCUT2D eigenvalue weighted by atomic mass is 19.4. The van der Waals surface area contributed by atoms with Gasteiger partial charge in [0.15, 0.2) is 0 Å². The summed E-state index contributed by atoms with van der Waals surface area (Å²) in [6.07, 6.45) is -4.85. The third-order valence-electron chi connectivity index (χ3n) is 4.58. The van der Waals surface area contributed by atoms with E-state index in [0.717, 1.165) is 5.56 Å². The fraction of sp³-hybridized carbons (Fsp3) is 0.412. The number of rotatable bonds is 3. The molecule has 6 nitrogen and oxygen atoms in total. The molecule has 0 amide bonds. The Kier molecular flexibility index (Phi) is 4.55. The van der Waals surface area contributed by atoms with Crippen molar-refractivity contribution < 1.29 is 23.0 Å². The number of alkyl halides is 3. The average Bonchev–Trinajstić information content (AvgIpc) is 2.59. The lowest BCUT2D eigenvalue weighted by Gasteiger charge is -2.39. The van der Waals surface area contributed by atoms with Crippen LogP contribution in [0.25, 0.3) is 0 Å². The Balaban J connectivity index is 2.05. The summed E-state index contributed by atoms with van der Waals surface area (Å²) in [4.78, 5) is 17.6. The smallest absolute Gasteiger partial charge is 0.409 e. The van der Waals surface area contributed by atoms with Gasteiger partial charge in [-0.1, -0.05) is 12.1 Å². The molecule has 1 aliphatic rings. The monoisotopic (exact) mass is 369 g/mol. The number of ether oxygens (including phenoxy) is 1. The van der Waals surface area contributed by atoms with Crippen LogP contribution in [0.3, 0.4) is 0 Å². The SMILES string of the molecule is COc1ccc(C(C)N2CCC(C(F)(F)F)n3c2nc(O)cc3=O)cc1. The van der Waals surface area contributed by atoms with Gasteiger partial charge < -0.3 is 14.7 Å². The zero-order valence-corrected chi connectivity index (χ0v) is 14.2. The number of hydrogen-bond acceptors (Lipinski definition) is 5. The van der Waals surface area contributed by atoms with Gasteiger partial charge in [-0.25, -0.2) is 0 Å². The Bertz CT molecular complexity index is 849. The molecule has 26 heavy (non-hydrogen) atoms. The van der Waals surface area contributed by atoms with Crippen LogP contribution in [0.5, 0.6) is 11.6 Å². The zero-order chi connectivity index (χ0) is 19.1. The Morgan fingerprint density at radius 2 is 1.96 bits per heavy atom. The van der Waals surface area contributed by atoms with E-state index < -0.39 is 23.7 Å². The van der Waals surface area contributed by atoms with Crippen molar-refractivity contribution in [2.24, 2.45) is 0 Å². The number of aromatic nitrogens is 2. The molecular formula is C17H18F3N3O3. The molecule has 2 aromatic rings. The summed E-state index contributed by atoms with van der Waals surface area (Å²) in [5, 5.41) is 9.65. The lowest BCUT2D eigenvalue weighted by molar-refractivity contribution is -0.171. The van der Waals surface area contributed by atoms with Gasteiger partial charge in [0, 0.05) is 6.54 Å². The normalized spacial score (nSPS) is 18.3. The fourth-order valence-electron chi connectivity index (χ4n) is 3.19. The van der Waals surface area contributed by atoms with E-state index in [1.165, 1.54) is 7.11 Å². The minimum absolute atomic E-state index is 0.0489. The molecule has 1 N–H and O–H groups in total. The summed E-state index contributed by atoms with van der Waals surface area (Å²) in [5.41, 5.74) is -0.109. The quantitative estimate of drug-likeness (QED) is 0.901. The first kappa shape index (κ1) is 18.1. The van der Waals surface area contributed by atoms with Crippen molar-refractivity contribution in [1.29, 1.82) is 0 Å². The largest absolute Gasteiger partial charge is 0.497 e. The molecule has 0 spiro atoms. The van der Waals surface area contributed by atoms with E-state index in [-0.39, 0.29) is 25.0 Å². The molecule has 1 aliphatic heterocycles. The number of anilines is 1. The van der Waals surface area contributed by atoms with Crippen LogP contribution in [0.4, 0.5) is 19.1 Å².